The first-order valence-electron chi connectivity index (χ1n) is 6.88. The second kappa shape index (κ2) is 6.76. The molecule has 0 bridgehead atoms. The Morgan fingerprint density at radius 1 is 1.05 bits per heavy atom. The van der Waals surface area contributed by atoms with Crippen LogP contribution in [0.5, 0.6) is 5.75 Å². The van der Waals surface area contributed by atoms with Gasteiger partial charge in [0, 0.05) is 7.05 Å². The van der Waals surface area contributed by atoms with Crippen molar-refractivity contribution in [1.82, 2.24) is 0 Å². The zero-order valence-corrected chi connectivity index (χ0v) is 12.4. The van der Waals surface area contributed by atoms with Crippen molar-refractivity contribution in [3.63, 3.8) is 0 Å². The Hall–Kier alpha value is -2.82. The number of hydrogen-bond donors (Lipinski definition) is 1. The fraction of sp³-hybridized carbons (Fsp3) is 0.176. The maximum absolute atomic E-state index is 12.7. The van der Waals surface area contributed by atoms with Crippen molar-refractivity contribution in [2.75, 3.05) is 18.6 Å². The molecule has 0 heterocycles. The molecule has 5 nitrogen and oxygen atoms in total. The van der Waals surface area contributed by atoms with E-state index in [-0.39, 0.29) is 11.5 Å². The van der Waals surface area contributed by atoms with Gasteiger partial charge in [0.05, 0.1) is 23.4 Å². The molecule has 114 valence electrons. The lowest BCUT2D eigenvalue weighted by atomic mass is 10.1. The molecule has 0 fully saturated rings. The number of hydrogen-bond acceptors (Lipinski definition) is 3. The van der Waals surface area contributed by atoms with Gasteiger partial charge < -0.3 is 14.7 Å². The smallest absolute Gasteiger partial charge is 0.337 e. The number of carboxylic acid groups (broad SMARTS) is 1. The number of ether oxygens (including phenoxy) is 1. The minimum absolute atomic E-state index is 0.0761. The van der Waals surface area contributed by atoms with Gasteiger partial charge in [-0.3, -0.25) is 4.79 Å². The third kappa shape index (κ3) is 3.09. The van der Waals surface area contributed by atoms with Crippen LogP contribution in [0.1, 0.15) is 27.6 Å². The fourth-order valence-electron chi connectivity index (χ4n) is 2.16. The lowest BCUT2D eigenvalue weighted by molar-refractivity contribution is 0.0697. The number of nitrogens with zero attached hydrogens (tertiary/aromatic N) is 1. The monoisotopic (exact) mass is 299 g/mol. The molecule has 0 aliphatic carbocycles. The number of para-hydroxylation sites is 2. The largest absolute Gasteiger partial charge is 0.493 e. The van der Waals surface area contributed by atoms with E-state index >= 15 is 0 Å². The highest BCUT2D eigenvalue weighted by Crippen LogP contribution is 2.25. The molecule has 2 aromatic rings. The molecule has 0 atom stereocenters. The van der Waals surface area contributed by atoms with Gasteiger partial charge >= 0.3 is 5.97 Å². The maximum atomic E-state index is 12.7. The second-order valence-electron chi connectivity index (χ2n) is 4.62. The van der Waals surface area contributed by atoms with Gasteiger partial charge in [0.25, 0.3) is 5.91 Å². The Labute approximate surface area is 128 Å². The highest BCUT2D eigenvalue weighted by molar-refractivity contribution is 6.10. The molecule has 0 unspecified atom stereocenters. The van der Waals surface area contributed by atoms with Gasteiger partial charge in [-0.05, 0) is 31.2 Å². The van der Waals surface area contributed by atoms with Crippen molar-refractivity contribution < 1.29 is 19.4 Å². The normalized spacial score (nSPS) is 10.1. The number of carboxylic acids is 1. The molecule has 0 aliphatic heterocycles. The van der Waals surface area contributed by atoms with Crippen molar-refractivity contribution in [2.24, 2.45) is 0 Å². The summed E-state index contributed by atoms with van der Waals surface area (Å²) in [7, 11) is 1.55. The van der Waals surface area contributed by atoms with E-state index in [1.54, 1.807) is 49.5 Å². The first-order valence-corrected chi connectivity index (χ1v) is 6.88. The molecule has 5 heteroatoms. The summed E-state index contributed by atoms with van der Waals surface area (Å²) in [4.78, 5) is 25.3. The van der Waals surface area contributed by atoms with Gasteiger partial charge in [0.15, 0.2) is 0 Å². The molecule has 0 saturated carbocycles. The molecular formula is C17H17NO4. The summed E-state index contributed by atoms with van der Waals surface area (Å²) in [6, 6.07) is 13.3. The summed E-state index contributed by atoms with van der Waals surface area (Å²) in [6.07, 6.45) is 0. The SMILES string of the molecule is CCOc1ccccc1C(=O)N(C)c1ccccc1C(=O)O. The summed E-state index contributed by atoms with van der Waals surface area (Å²) in [5, 5.41) is 9.24. The van der Waals surface area contributed by atoms with Crippen LogP contribution < -0.4 is 9.64 Å². The molecule has 2 aromatic carbocycles. The first kappa shape index (κ1) is 15.6. The van der Waals surface area contributed by atoms with E-state index in [1.165, 1.54) is 11.0 Å². The molecule has 2 rings (SSSR count). The number of carbonyl (C=O) groups is 2. The predicted molar refractivity (Wildman–Crippen MR) is 83.7 cm³/mol. The van der Waals surface area contributed by atoms with Gasteiger partial charge in [-0.1, -0.05) is 24.3 Å². The standard InChI is InChI=1S/C17H17NO4/c1-3-22-15-11-7-5-9-13(15)16(19)18(2)14-10-6-4-8-12(14)17(20)21/h4-11H,3H2,1-2H3,(H,20,21). The van der Waals surface area contributed by atoms with E-state index in [0.717, 1.165) is 0 Å². The van der Waals surface area contributed by atoms with Crippen LogP contribution in [0.4, 0.5) is 5.69 Å². The number of anilines is 1. The second-order valence-corrected chi connectivity index (χ2v) is 4.62. The molecule has 0 aromatic heterocycles. The Morgan fingerprint density at radius 2 is 1.64 bits per heavy atom. The third-order valence-corrected chi connectivity index (χ3v) is 3.22. The average molecular weight is 299 g/mol. The van der Waals surface area contributed by atoms with Crippen molar-refractivity contribution in [2.45, 2.75) is 6.92 Å². The summed E-state index contributed by atoms with van der Waals surface area (Å²) >= 11 is 0. The van der Waals surface area contributed by atoms with Crippen LogP contribution in [0.15, 0.2) is 48.5 Å². The molecule has 0 aliphatic rings. The predicted octanol–water partition coefficient (Wildman–Crippen LogP) is 3.06. The van der Waals surface area contributed by atoms with Crippen molar-refractivity contribution in [1.29, 1.82) is 0 Å². The average Bonchev–Trinajstić information content (AvgIpc) is 2.54. The molecule has 22 heavy (non-hydrogen) atoms. The Kier molecular flexibility index (Phi) is 4.78. The lowest BCUT2D eigenvalue weighted by Gasteiger charge is -2.20. The zero-order valence-electron chi connectivity index (χ0n) is 12.4. The quantitative estimate of drug-likeness (QED) is 0.921. The minimum atomic E-state index is -1.08. The highest BCUT2D eigenvalue weighted by Gasteiger charge is 2.21. The molecule has 0 spiro atoms. The van der Waals surface area contributed by atoms with Gasteiger partial charge in [-0.25, -0.2) is 4.79 Å². The number of amides is 1. The number of carbonyl (C=O) groups excluding carboxylic acids is 1. The van der Waals surface area contributed by atoms with E-state index in [2.05, 4.69) is 0 Å². The first-order chi connectivity index (χ1) is 10.6. The van der Waals surface area contributed by atoms with Gasteiger partial charge in [-0.15, -0.1) is 0 Å². The van der Waals surface area contributed by atoms with E-state index in [1.807, 2.05) is 6.92 Å². The van der Waals surface area contributed by atoms with Gasteiger partial charge in [0.1, 0.15) is 5.75 Å². The summed E-state index contributed by atoms with van der Waals surface area (Å²) < 4.78 is 5.46. The third-order valence-electron chi connectivity index (χ3n) is 3.22. The van der Waals surface area contributed by atoms with E-state index in [4.69, 9.17) is 4.74 Å². The molecule has 0 saturated heterocycles. The van der Waals surface area contributed by atoms with Crippen LogP contribution in [0.25, 0.3) is 0 Å². The molecular weight excluding hydrogens is 282 g/mol. The van der Waals surface area contributed by atoms with Crippen LogP contribution in [0.2, 0.25) is 0 Å². The minimum Gasteiger partial charge on any atom is -0.493 e. The Balaban J connectivity index is 2.40. The highest BCUT2D eigenvalue weighted by atomic mass is 16.5. The van der Waals surface area contributed by atoms with Crippen LogP contribution in [0, 0.1) is 0 Å². The summed E-state index contributed by atoms with van der Waals surface area (Å²) in [6.45, 7) is 2.28. The van der Waals surface area contributed by atoms with Crippen molar-refractivity contribution in [3.8, 4) is 5.75 Å². The maximum Gasteiger partial charge on any atom is 0.337 e. The Morgan fingerprint density at radius 3 is 2.27 bits per heavy atom. The van der Waals surface area contributed by atoms with Gasteiger partial charge in [-0.2, -0.15) is 0 Å². The van der Waals surface area contributed by atoms with Crippen molar-refractivity contribution >= 4 is 17.6 Å². The van der Waals surface area contributed by atoms with E-state index in [0.29, 0.717) is 23.6 Å². The zero-order chi connectivity index (χ0) is 16.1. The van der Waals surface area contributed by atoms with Crippen LogP contribution in [0.3, 0.4) is 0 Å². The number of aromatic carboxylic acids is 1. The lowest BCUT2D eigenvalue weighted by Crippen LogP contribution is -2.28. The van der Waals surface area contributed by atoms with Crippen LogP contribution in [-0.2, 0) is 0 Å². The summed E-state index contributed by atoms with van der Waals surface area (Å²) in [5.41, 5.74) is 0.811. The number of rotatable bonds is 5. The van der Waals surface area contributed by atoms with Crippen LogP contribution in [-0.4, -0.2) is 30.6 Å². The van der Waals surface area contributed by atoms with E-state index in [9.17, 15) is 14.7 Å². The van der Waals surface area contributed by atoms with Gasteiger partial charge in [0.2, 0.25) is 0 Å². The molecule has 1 amide bonds. The molecule has 0 radical (unpaired) electrons. The Bertz CT molecular complexity index is 697. The van der Waals surface area contributed by atoms with E-state index < -0.39 is 5.97 Å². The van der Waals surface area contributed by atoms with Crippen LogP contribution >= 0.6 is 0 Å². The summed E-state index contributed by atoms with van der Waals surface area (Å²) in [5.74, 6) is -0.916. The topological polar surface area (TPSA) is 66.8 Å². The fourth-order valence-corrected chi connectivity index (χ4v) is 2.16. The van der Waals surface area contributed by atoms with Crippen molar-refractivity contribution in [3.05, 3.63) is 59.7 Å². The number of benzene rings is 2. The molecule has 1 N–H and O–H groups in total.